The van der Waals surface area contributed by atoms with Crippen LogP contribution in [0.1, 0.15) is 5.56 Å². The van der Waals surface area contributed by atoms with Gasteiger partial charge in [0.25, 0.3) is 0 Å². The molecule has 1 aliphatic heterocycles. The number of carbonyl (C=O) groups is 1. The van der Waals surface area contributed by atoms with Crippen LogP contribution in [0, 0.1) is 0 Å². The molecule has 0 aliphatic carbocycles. The largest absolute Gasteiger partial charge is 0.334 e. The van der Waals surface area contributed by atoms with Crippen molar-refractivity contribution in [1.29, 1.82) is 0 Å². The molecule has 7 nitrogen and oxygen atoms in total. The zero-order valence-electron chi connectivity index (χ0n) is 13.5. The van der Waals surface area contributed by atoms with Crippen molar-refractivity contribution in [1.82, 2.24) is 19.5 Å². The molecule has 2 amide bonds. The Bertz CT molecular complexity index is 845. The number of nitrogens with one attached hydrogen (secondary N) is 1. The molecule has 1 aliphatic rings. The number of rotatable bonds is 3. The van der Waals surface area contributed by atoms with Gasteiger partial charge in [0.15, 0.2) is 0 Å². The highest BCUT2D eigenvalue weighted by molar-refractivity contribution is 7.88. The Kier molecular flexibility index (Phi) is 4.68. The molecule has 1 fully saturated rings. The van der Waals surface area contributed by atoms with Crippen molar-refractivity contribution in [3.8, 4) is 0 Å². The fourth-order valence-corrected chi connectivity index (χ4v) is 3.57. The van der Waals surface area contributed by atoms with Crippen molar-refractivity contribution in [2.24, 2.45) is 0 Å². The van der Waals surface area contributed by atoms with Crippen molar-refractivity contribution in [3.05, 3.63) is 42.1 Å². The number of hydrogen-bond acceptors (Lipinski definition) is 4. The molecule has 0 saturated carbocycles. The summed E-state index contributed by atoms with van der Waals surface area (Å²) in [6.45, 7) is 1.92. The first kappa shape index (κ1) is 16.7. The monoisotopic (exact) mass is 348 g/mol. The molecule has 0 bridgehead atoms. The third-order valence-electron chi connectivity index (χ3n) is 4.11. The number of piperazine rings is 1. The summed E-state index contributed by atoms with van der Waals surface area (Å²) < 4.78 is 24.4. The second kappa shape index (κ2) is 6.74. The summed E-state index contributed by atoms with van der Waals surface area (Å²) in [7, 11) is -3.18. The summed E-state index contributed by atoms with van der Waals surface area (Å²) >= 11 is 0. The van der Waals surface area contributed by atoms with E-state index >= 15 is 0 Å². The molecule has 2 heterocycles. The van der Waals surface area contributed by atoms with Gasteiger partial charge in [-0.05, 0) is 23.8 Å². The minimum Gasteiger partial charge on any atom is -0.334 e. The number of fused-ring (bicyclic) bond motifs is 1. The second-order valence-electron chi connectivity index (χ2n) is 5.84. The third kappa shape index (κ3) is 3.82. The van der Waals surface area contributed by atoms with E-state index in [-0.39, 0.29) is 6.03 Å². The minimum absolute atomic E-state index is 0.172. The zero-order valence-corrected chi connectivity index (χ0v) is 14.3. The average molecular weight is 348 g/mol. The molecule has 8 heteroatoms. The van der Waals surface area contributed by atoms with Gasteiger partial charge in [0.05, 0.1) is 11.8 Å². The van der Waals surface area contributed by atoms with Gasteiger partial charge < -0.3 is 10.2 Å². The van der Waals surface area contributed by atoms with Gasteiger partial charge in [-0.1, -0.05) is 12.1 Å². The SMILES string of the molecule is CS(=O)(=O)N1CCN(C(=O)NCc2ccc3ncccc3c2)CC1. The number of pyridine rings is 1. The van der Waals surface area contributed by atoms with Crippen molar-refractivity contribution in [3.63, 3.8) is 0 Å². The summed E-state index contributed by atoms with van der Waals surface area (Å²) in [5, 5.41) is 3.92. The van der Waals surface area contributed by atoms with E-state index in [0.29, 0.717) is 32.7 Å². The summed E-state index contributed by atoms with van der Waals surface area (Å²) in [5.74, 6) is 0. The Morgan fingerprint density at radius 3 is 2.67 bits per heavy atom. The molecule has 0 atom stereocenters. The highest BCUT2D eigenvalue weighted by Crippen LogP contribution is 2.13. The lowest BCUT2D eigenvalue weighted by molar-refractivity contribution is 0.172. The molecule has 1 aromatic carbocycles. The van der Waals surface area contributed by atoms with Gasteiger partial charge in [0.1, 0.15) is 0 Å². The van der Waals surface area contributed by atoms with Gasteiger partial charge in [0, 0.05) is 44.3 Å². The number of urea groups is 1. The van der Waals surface area contributed by atoms with E-state index in [1.165, 1.54) is 10.6 Å². The fraction of sp³-hybridized carbons (Fsp3) is 0.375. The van der Waals surface area contributed by atoms with Crippen LogP contribution in [0.2, 0.25) is 0 Å². The predicted octanol–water partition coefficient (Wildman–Crippen LogP) is 1.02. The summed E-state index contributed by atoms with van der Waals surface area (Å²) in [6.07, 6.45) is 2.94. The topological polar surface area (TPSA) is 82.6 Å². The first-order valence-corrected chi connectivity index (χ1v) is 9.60. The zero-order chi connectivity index (χ0) is 17.2. The number of amides is 2. The van der Waals surface area contributed by atoms with Gasteiger partial charge in [-0.3, -0.25) is 4.98 Å². The van der Waals surface area contributed by atoms with E-state index in [4.69, 9.17) is 0 Å². The van der Waals surface area contributed by atoms with Crippen LogP contribution in [0.25, 0.3) is 10.9 Å². The van der Waals surface area contributed by atoms with Gasteiger partial charge in [-0.15, -0.1) is 0 Å². The van der Waals surface area contributed by atoms with Crippen molar-refractivity contribution < 1.29 is 13.2 Å². The maximum absolute atomic E-state index is 12.2. The van der Waals surface area contributed by atoms with Crippen molar-refractivity contribution in [2.75, 3.05) is 32.4 Å². The lowest BCUT2D eigenvalue weighted by atomic mass is 10.1. The van der Waals surface area contributed by atoms with Crippen LogP contribution in [-0.4, -0.2) is 61.1 Å². The molecule has 0 unspecified atom stereocenters. The third-order valence-corrected chi connectivity index (χ3v) is 5.41. The van der Waals surface area contributed by atoms with E-state index < -0.39 is 10.0 Å². The molecule has 128 valence electrons. The summed E-state index contributed by atoms with van der Waals surface area (Å²) in [5.41, 5.74) is 1.92. The Morgan fingerprint density at radius 1 is 1.21 bits per heavy atom. The van der Waals surface area contributed by atoms with Crippen LogP contribution >= 0.6 is 0 Å². The number of hydrogen-bond donors (Lipinski definition) is 1. The predicted molar refractivity (Wildman–Crippen MR) is 92.0 cm³/mol. The van der Waals surface area contributed by atoms with Crippen LogP contribution in [0.3, 0.4) is 0 Å². The molecule has 0 radical (unpaired) electrons. The van der Waals surface area contributed by atoms with Crippen molar-refractivity contribution in [2.45, 2.75) is 6.54 Å². The molecule has 1 N–H and O–H groups in total. The number of benzene rings is 1. The second-order valence-corrected chi connectivity index (χ2v) is 7.82. The lowest BCUT2D eigenvalue weighted by Crippen LogP contribution is -2.52. The number of nitrogens with zero attached hydrogens (tertiary/aromatic N) is 3. The van der Waals surface area contributed by atoms with Crippen molar-refractivity contribution >= 4 is 27.0 Å². The molecule has 3 rings (SSSR count). The molecule has 2 aromatic rings. The van der Waals surface area contributed by atoms with E-state index in [9.17, 15) is 13.2 Å². The van der Waals surface area contributed by atoms with Gasteiger partial charge in [0.2, 0.25) is 10.0 Å². The first-order valence-electron chi connectivity index (χ1n) is 7.75. The van der Waals surface area contributed by atoms with E-state index in [2.05, 4.69) is 10.3 Å². The number of sulfonamides is 1. The molecular formula is C16H20N4O3S. The quantitative estimate of drug-likeness (QED) is 0.898. The smallest absolute Gasteiger partial charge is 0.317 e. The van der Waals surface area contributed by atoms with Gasteiger partial charge >= 0.3 is 6.03 Å². The Hall–Kier alpha value is -2.19. The van der Waals surface area contributed by atoms with Crippen LogP contribution < -0.4 is 5.32 Å². The molecule has 24 heavy (non-hydrogen) atoms. The normalized spacial score (nSPS) is 16.3. The van der Waals surface area contributed by atoms with Crippen LogP contribution in [0.4, 0.5) is 4.79 Å². The van der Waals surface area contributed by atoms with E-state index in [1.807, 2.05) is 30.3 Å². The minimum atomic E-state index is -3.18. The maximum Gasteiger partial charge on any atom is 0.317 e. The first-order chi connectivity index (χ1) is 11.4. The maximum atomic E-state index is 12.2. The molecular weight excluding hydrogens is 328 g/mol. The highest BCUT2D eigenvalue weighted by Gasteiger charge is 2.25. The Labute approximate surface area is 141 Å². The van der Waals surface area contributed by atoms with Gasteiger partial charge in [-0.2, -0.15) is 4.31 Å². The fourth-order valence-electron chi connectivity index (χ4n) is 2.75. The van der Waals surface area contributed by atoms with Crippen LogP contribution in [-0.2, 0) is 16.6 Å². The van der Waals surface area contributed by atoms with E-state index in [1.54, 1.807) is 11.1 Å². The van der Waals surface area contributed by atoms with Crippen LogP contribution in [0.15, 0.2) is 36.5 Å². The Balaban J connectivity index is 1.55. The average Bonchev–Trinajstić information content (AvgIpc) is 2.59. The Morgan fingerprint density at radius 2 is 1.96 bits per heavy atom. The van der Waals surface area contributed by atoms with E-state index in [0.717, 1.165) is 16.5 Å². The number of aromatic nitrogens is 1. The number of carbonyl (C=O) groups excluding carboxylic acids is 1. The lowest BCUT2D eigenvalue weighted by Gasteiger charge is -2.33. The van der Waals surface area contributed by atoms with Crippen LogP contribution in [0.5, 0.6) is 0 Å². The highest BCUT2D eigenvalue weighted by atomic mass is 32.2. The summed E-state index contributed by atoms with van der Waals surface area (Å²) in [6, 6.07) is 9.57. The van der Waals surface area contributed by atoms with Gasteiger partial charge in [-0.25, -0.2) is 13.2 Å². The molecule has 1 aromatic heterocycles. The molecule has 0 spiro atoms. The summed E-state index contributed by atoms with van der Waals surface area (Å²) in [4.78, 5) is 18.1. The standard InChI is InChI=1S/C16H20N4O3S/c1-24(22,23)20-9-7-19(8-10-20)16(21)18-12-13-4-5-15-14(11-13)3-2-6-17-15/h2-6,11H,7-10,12H2,1H3,(H,18,21). The molecule has 1 saturated heterocycles.